The standard InChI is InChI=1S/C56H74N10O22S/c1-4-5-6-7-8-9-16-84-41-15-12-30(22-58-41)54-61-33-17-29(11-14-38(33)85-54)49(76)60-34-19-31(68)23-59-53(80)45-46(73)26(2)24-66(45)56(82)43(37(71)21-40(57)72)63-52(79)44(48(75)47(74)28-10-13-36(70)39(18-28)86-89-88-87-83)64-51(78)35-20-32(69)25-65(35)55(81)42(27(3)67)62-50(34)77/h10-15,17-18,22,26-27,31-32,34-35,37,42-48,67-71,73-75,83H,4-9,16,19-21,23-25H2,1-3H3,(H2,57,72)(H,59,80)(H,60,76)(H,62,77)(H,63,79)(H,64,78). The van der Waals surface area contributed by atoms with Crippen LogP contribution in [-0.2, 0) is 42.9 Å². The lowest BCUT2D eigenvalue weighted by atomic mass is 9.96. The molecule has 486 valence electrons. The van der Waals surface area contributed by atoms with Crippen LogP contribution < -0.4 is 41.2 Å². The molecule has 5 heterocycles. The zero-order valence-electron chi connectivity index (χ0n) is 48.6. The molecule has 89 heavy (non-hydrogen) atoms. The van der Waals surface area contributed by atoms with Crippen LogP contribution in [0.2, 0.25) is 0 Å². The maximum absolute atomic E-state index is 14.7. The predicted molar refractivity (Wildman–Crippen MR) is 307 cm³/mol. The van der Waals surface area contributed by atoms with Crippen LogP contribution in [0.5, 0.6) is 17.4 Å². The summed E-state index contributed by atoms with van der Waals surface area (Å²) in [5.74, 6) is -11.5. The van der Waals surface area contributed by atoms with Crippen molar-refractivity contribution in [1.82, 2.24) is 46.4 Å². The minimum absolute atomic E-state index is 0.0256. The van der Waals surface area contributed by atoms with Gasteiger partial charge in [0.15, 0.2) is 17.1 Å². The number of hydrogen-bond acceptors (Lipinski definition) is 25. The van der Waals surface area contributed by atoms with Crippen molar-refractivity contribution in [2.75, 3.05) is 26.2 Å². The fraction of sp³-hybridized carbons (Fsp3) is 0.536. The van der Waals surface area contributed by atoms with Gasteiger partial charge in [0.25, 0.3) is 18.2 Å². The Labute approximate surface area is 512 Å². The van der Waals surface area contributed by atoms with Gasteiger partial charge in [-0.1, -0.05) is 61.4 Å². The number of oxazole rings is 1. The van der Waals surface area contributed by atoms with Crippen LogP contribution in [0.15, 0.2) is 59.1 Å². The zero-order valence-corrected chi connectivity index (χ0v) is 49.4. The molecule has 7 rings (SSSR count). The van der Waals surface area contributed by atoms with E-state index in [-0.39, 0.29) is 40.4 Å². The number of carbonyl (C=O) groups is 8. The molecular weight excluding hydrogens is 1200 g/mol. The molecule has 0 bridgehead atoms. The van der Waals surface area contributed by atoms with Gasteiger partial charge in [-0.2, -0.15) is 0 Å². The van der Waals surface area contributed by atoms with Crippen LogP contribution in [0.3, 0.4) is 0 Å². The van der Waals surface area contributed by atoms with Crippen LogP contribution in [0.1, 0.15) is 101 Å². The number of aliphatic hydroxyl groups is 7. The summed E-state index contributed by atoms with van der Waals surface area (Å²) in [6.45, 7) is 3.30. The van der Waals surface area contributed by atoms with Gasteiger partial charge in [-0.3, -0.25) is 38.4 Å². The van der Waals surface area contributed by atoms with Crippen LogP contribution >= 0.6 is 12.3 Å². The maximum atomic E-state index is 14.7. The third-order valence-electron chi connectivity index (χ3n) is 15.3. The number of nitrogens with one attached hydrogen (secondary N) is 5. The van der Waals surface area contributed by atoms with Crippen molar-refractivity contribution in [3.63, 3.8) is 0 Å². The van der Waals surface area contributed by atoms with Crippen molar-refractivity contribution in [1.29, 1.82) is 0 Å². The largest absolute Gasteiger partial charge is 0.504 e. The van der Waals surface area contributed by atoms with E-state index < -0.39 is 183 Å². The highest BCUT2D eigenvalue weighted by Crippen LogP contribution is 2.34. The van der Waals surface area contributed by atoms with Gasteiger partial charge in [0, 0.05) is 56.2 Å². The van der Waals surface area contributed by atoms with E-state index in [1.807, 2.05) is 0 Å². The Balaban J connectivity index is 1.20. The number of primary amides is 1. The number of rotatable bonds is 22. The molecule has 16 N–H and O–H groups in total. The maximum Gasteiger partial charge on any atom is 0.261 e. The van der Waals surface area contributed by atoms with E-state index >= 15 is 0 Å². The van der Waals surface area contributed by atoms with Crippen molar-refractivity contribution in [3.8, 4) is 28.8 Å². The number of β-amino-alcohol motifs (C(OH)–C–C–N with tert-alkyl or cyclic N) is 1. The van der Waals surface area contributed by atoms with E-state index in [1.54, 1.807) is 12.1 Å². The average molecular weight is 1270 g/mol. The van der Waals surface area contributed by atoms with Crippen molar-refractivity contribution >= 4 is 70.7 Å². The zero-order chi connectivity index (χ0) is 64.8. The molecular formula is C56H74N10O22S. The number of aliphatic hydroxyl groups excluding tert-OH is 7. The number of phenolic OH excluding ortho intramolecular Hbond substituents is 1. The van der Waals surface area contributed by atoms with Crippen molar-refractivity contribution in [3.05, 3.63) is 65.9 Å². The van der Waals surface area contributed by atoms with Crippen LogP contribution in [0.25, 0.3) is 22.6 Å². The first-order valence-electron chi connectivity index (χ1n) is 28.7. The number of phenols is 1. The van der Waals surface area contributed by atoms with Gasteiger partial charge >= 0.3 is 0 Å². The summed E-state index contributed by atoms with van der Waals surface area (Å²) in [7, 11) is 0. The smallest absolute Gasteiger partial charge is 0.261 e. The minimum atomic E-state index is -2.53. The number of ether oxygens (including phenoxy) is 1. The Hall–Kier alpha value is -7.83. The topological polar surface area (TPSA) is 487 Å². The summed E-state index contributed by atoms with van der Waals surface area (Å²) in [5.41, 5.74) is 5.87. The number of hydrogen-bond donors (Lipinski definition) is 15. The number of benzene rings is 2. The van der Waals surface area contributed by atoms with Crippen LogP contribution in [-0.4, -0.2) is 212 Å². The molecule has 14 atom stereocenters. The molecule has 33 heteroatoms. The van der Waals surface area contributed by atoms with Gasteiger partial charge < -0.3 is 96.3 Å². The highest BCUT2D eigenvalue weighted by Gasteiger charge is 2.50. The summed E-state index contributed by atoms with van der Waals surface area (Å²) in [5, 5.41) is 114. The average Bonchev–Trinajstić information content (AvgIpc) is 1.81. The van der Waals surface area contributed by atoms with Gasteiger partial charge in [-0.15, -0.1) is 0 Å². The minimum Gasteiger partial charge on any atom is -0.504 e. The molecule has 3 aliphatic rings. The SMILES string of the molecule is CCCCCCCCOc1ccc(-c2nc3cc(C(=O)NC4CC(O)CNC(=O)C5C(O)C(C)CN5C(=O)C(C(O)CC(N)=O)NC(=O)C(C(O)C(O)c5ccc(O)c(OSOOO)c5)NC(=O)C5CC(O)CN5C(=O)C(C(C)O)NC4=O)ccc3o2)cn1. The van der Waals surface area contributed by atoms with Crippen LogP contribution in [0, 0.1) is 5.92 Å². The Bertz CT molecular complexity index is 3140. The number of amides is 8. The molecule has 3 saturated heterocycles. The molecule has 2 aromatic heterocycles. The summed E-state index contributed by atoms with van der Waals surface area (Å²) in [6.07, 6.45) is -8.18. The fourth-order valence-corrected chi connectivity index (χ4v) is 10.8. The molecule has 8 amide bonds. The third-order valence-corrected chi connectivity index (χ3v) is 15.7. The first-order chi connectivity index (χ1) is 42.4. The van der Waals surface area contributed by atoms with E-state index in [2.05, 4.69) is 52.8 Å². The molecule has 3 fully saturated rings. The van der Waals surface area contributed by atoms with Crippen molar-refractivity contribution in [2.24, 2.45) is 11.7 Å². The molecule has 0 spiro atoms. The van der Waals surface area contributed by atoms with Gasteiger partial charge in [0.2, 0.25) is 53.1 Å². The summed E-state index contributed by atoms with van der Waals surface area (Å²) >= 11 is -0.0256. The van der Waals surface area contributed by atoms with Gasteiger partial charge in [0.05, 0.1) is 49.1 Å². The third kappa shape index (κ3) is 17.5. The lowest BCUT2D eigenvalue weighted by Crippen LogP contribution is -2.64. The molecule has 0 saturated carbocycles. The number of nitrogens with two attached hydrogens (primary N) is 1. The first kappa shape index (κ1) is 68.7. The van der Waals surface area contributed by atoms with Crippen LogP contribution in [0.4, 0.5) is 0 Å². The Kier molecular flexibility index (Phi) is 24.4. The summed E-state index contributed by atoms with van der Waals surface area (Å²) < 4.78 is 20.9. The number of aromatic hydroxyl groups is 1. The van der Waals surface area contributed by atoms with E-state index in [0.29, 0.717) is 18.1 Å². The van der Waals surface area contributed by atoms with Gasteiger partial charge in [0.1, 0.15) is 54.0 Å². The van der Waals surface area contributed by atoms with E-state index in [4.69, 9.17) is 24.3 Å². The Morgan fingerprint density at radius 3 is 2.24 bits per heavy atom. The second-order valence-electron chi connectivity index (χ2n) is 22.1. The highest BCUT2D eigenvalue weighted by molar-refractivity contribution is 7.90. The Morgan fingerprint density at radius 2 is 1.54 bits per heavy atom. The molecule has 0 aliphatic carbocycles. The lowest BCUT2D eigenvalue weighted by Gasteiger charge is -2.34. The van der Waals surface area contributed by atoms with Crippen molar-refractivity contribution < 1.29 is 107 Å². The Morgan fingerprint density at radius 1 is 0.831 bits per heavy atom. The second-order valence-corrected chi connectivity index (χ2v) is 22.5. The van der Waals surface area contributed by atoms with Crippen molar-refractivity contribution in [2.45, 2.75) is 158 Å². The summed E-state index contributed by atoms with van der Waals surface area (Å²) in [4.78, 5) is 124. The van der Waals surface area contributed by atoms with E-state index in [0.717, 1.165) is 60.6 Å². The van der Waals surface area contributed by atoms with Gasteiger partial charge in [-0.25, -0.2) is 15.2 Å². The van der Waals surface area contributed by atoms with E-state index in [9.17, 15) is 79.2 Å². The number of aromatic nitrogens is 2. The quantitative estimate of drug-likeness (QED) is 0.0175. The molecule has 3 aliphatic heterocycles. The number of carbonyl (C=O) groups excluding carboxylic acids is 8. The highest BCUT2D eigenvalue weighted by atomic mass is 32.2. The molecule has 0 radical (unpaired) electrons. The lowest BCUT2D eigenvalue weighted by molar-refractivity contribution is -0.433. The molecule has 32 nitrogen and oxygen atoms in total. The second kappa shape index (κ2) is 31.6. The molecule has 4 aromatic rings. The number of unbranched alkanes of at least 4 members (excludes halogenated alkanes) is 5. The van der Waals surface area contributed by atoms with E-state index in [1.165, 1.54) is 44.2 Å². The summed E-state index contributed by atoms with van der Waals surface area (Å²) in [6, 6.07) is -1.96. The molecule has 14 unspecified atom stereocenters. The number of pyridine rings is 1. The first-order valence-corrected chi connectivity index (χ1v) is 29.4. The molecule has 2 aromatic carbocycles. The number of fused-ring (bicyclic) bond motifs is 3. The number of nitrogens with zero attached hydrogens (tertiary/aromatic N) is 4. The predicted octanol–water partition coefficient (Wildman–Crippen LogP) is -1.99. The monoisotopic (exact) mass is 1270 g/mol. The fourth-order valence-electron chi connectivity index (χ4n) is 10.5. The normalized spacial score (nSPS) is 25.5. The van der Waals surface area contributed by atoms with Gasteiger partial charge in [-0.05, 0) is 55.3 Å².